The summed E-state index contributed by atoms with van der Waals surface area (Å²) in [5.41, 5.74) is 5.88. The van der Waals surface area contributed by atoms with Gasteiger partial charge in [0, 0.05) is 18.7 Å². The number of nitrogens with zero attached hydrogens (tertiary/aromatic N) is 2. The average Bonchev–Trinajstić information content (AvgIpc) is 2.97. The zero-order valence-corrected chi connectivity index (χ0v) is 18.7. The van der Waals surface area contributed by atoms with Crippen molar-refractivity contribution in [1.29, 1.82) is 0 Å². The molecule has 0 unspecified atom stereocenters. The minimum Gasteiger partial charge on any atom is -0.326 e. The molecular formula is C24H27N3O2S. The summed E-state index contributed by atoms with van der Waals surface area (Å²) in [5.74, 6) is -0.289. The summed E-state index contributed by atoms with van der Waals surface area (Å²) < 4.78 is 0. The van der Waals surface area contributed by atoms with Gasteiger partial charge in [-0.25, -0.2) is 4.99 Å². The number of hydrogen-bond acceptors (Lipinski definition) is 4. The van der Waals surface area contributed by atoms with Crippen LogP contribution in [0.2, 0.25) is 0 Å². The molecule has 1 fully saturated rings. The van der Waals surface area contributed by atoms with Crippen LogP contribution < -0.4 is 5.32 Å². The Hall–Kier alpha value is -2.86. The molecule has 0 spiro atoms. The molecule has 1 atom stereocenters. The summed E-state index contributed by atoms with van der Waals surface area (Å²) in [4.78, 5) is 32.0. The molecule has 2 aromatic rings. The fourth-order valence-corrected chi connectivity index (χ4v) is 4.51. The summed E-state index contributed by atoms with van der Waals surface area (Å²) in [7, 11) is 0. The van der Waals surface area contributed by atoms with Gasteiger partial charge < -0.3 is 5.32 Å². The van der Waals surface area contributed by atoms with Crippen LogP contribution in [0.3, 0.4) is 0 Å². The van der Waals surface area contributed by atoms with Gasteiger partial charge in [0.2, 0.25) is 11.8 Å². The molecule has 2 aromatic carbocycles. The highest BCUT2D eigenvalue weighted by molar-refractivity contribution is 8.15. The van der Waals surface area contributed by atoms with Crippen LogP contribution in [0, 0.1) is 27.7 Å². The van der Waals surface area contributed by atoms with E-state index in [9.17, 15) is 9.59 Å². The minimum atomic E-state index is -0.502. The monoisotopic (exact) mass is 421 g/mol. The first-order valence-electron chi connectivity index (χ1n) is 9.91. The maximum Gasteiger partial charge on any atom is 0.242 e. The number of benzene rings is 2. The second-order valence-corrected chi connectivity index (χ2v) is 8.65. The lowest BCUT2D eigenvalue weighted by Gasteiger charge is -2.15. The van der Waals surface area contributed by atoms with Gasteiger partial charge in [0.25, 0.3) is 0 Å². The Bertz CT molecular complexity index is 1010. The zero-order valence-electron chi connectivity index (χ0n) is 17.9. The SMILES string of the molecule is C=CCN1C(=O)[C@@H](CC(=O)Nc2cccc(C)c2C)SC1=Nc1c(C)cccc1C. The molecule has 0 aliphatic carbocycles. The van der Waals surface area contributed by atoms with Crippen LogP contribution in [0.15, 0.2) is 54.0 Å². The molecule has 0 aromatic heterocycles. The van der Waals surface area contributed by atoms with Crippen molar-refractivity contribution in [2.24, 2.45) is 4.99 Å². The molecule has 6 heteroatoms. The lowest BCUT2D eigenvalue weighted by molar-refractivity contribution is -0.127. The molecule has 0 bridgehead atoms. The van der Waals surface area contributed by atoms with Gasteiger partial charge in [-0.2, -0.15) is 0 Å². The van der Waals surface area contributed by atoms with Crippen molar-refractivity contribution in [2.45, 2.75) is 39.4 Å². The molecular weight excluding hydrogens is 394 g/mol. The van der Waals surface area contributed by atoms with E-state index in [4.69, 9.17) is 4.99 Å². The molecule has 1 aliphatic heterocycles. The Labute approximate surface area is 182 Å². The quantitative estimate of drug-likeness (QED) is 0.663. The van der Waals surface area contributed by atoms with Gasteiger partial charge in [-0.15, -0.1) is 6.58 Å². The van der Waals surface area contributed by atoms with Crippen molar-refractivity contribution in [3.05, 3.63) is 71.3 Å². The van der Waals surface area contributed by atoms with Gasteiger partial charge in [-0.05, 0) is 56.0 Å². The van der Waals surface area contributed by atoms with Crippen LogP contribution in [0.1, 0.15) is 28.7 Å². The Morgan fingerprint density at radius 1 is 1.13 bits per heavy atom. The van der Waals surface area contributed by atoms with Crippen LogP contribution in [0.4, 0.5) is 11.4 Å². The van der Waals surface area contributed by atoms with Gasteiger partial charge in [0.15, 0.2) is 5.17 Å². The third-order valence-electron chi connectivity index (χ3n) is 5.23. The first-order valence-corrected chi connectivity index (χ1v) is 10.8. The molecule has 1 saturated heterocycles. The van der Waals surface area contributed by atoms with Crippen molar-refractivity contribution in [3.8, 4) is 0 Å². The first-order chi connectivity index (χ1) is 14.3. The van der Waals surface area contributed by atoms with Crippen LogP contribution >= 0.6 is 11.8 Å². The molecule has 156 valence electrons. The lowest BCUT2D eigenvalue weighted by atomic mass is 10.1. The Morgan fingerprint density at radius 2 is 1.77 bits per heavy atom. The zero-order chi connectivity index (χ0) is 21.8. The summed E-state index contributed by atoms with van der Waals surface area (Å²) in [6.45, 7) is 12.1. The number of aryl methyl sites for hydroxylation is 3. The van der Waals surface area contributed by atoms with Gasteiger partial charge in [0.05, 0.1) is 5.69 Å². The average molecular weight is 422 g/mol. The fraction of sp³-hybridized carbons (Fsp3) is 0.292. The van der Waals surface area contributed by atoms with E-state index in [0.29, 0.717) is 11.7 Å². The molecule has 0 radical (unpaired) electrons. The summed E-state index contributed by atoms with van der Waals surface area (Å²) >= 11 is 1.34. The second-order valence-electron chi connectivity index (χ2n) is 7.48. The van der Waals surface area contributed by atoms with Gasteiger partial charge >= 0.3 is 0 Å². The molecule has 1 heterocycles. The number of carbonyl (C=O) groups excluding carboxylic acids is 2. The van der Waals surface area contributed by atoms with Crippen LogP contribution in [-0.2, 0) is 9.59 Å². The number of aliphatic imine (C=N–C) groups is 1. The summed E-state index contributed by atoms with van der Waals surface area (Å²) in [5, 5.41) is 3.06. The number of hydrogen-bond donors (Lipinski definition) is 1. The molecule has 0 saturated carbocycles. The third kappa shape index (κ3) is 4.65. The first kappa shape index (κ1) is 21.8. The van der Waals surface area contributed by atoms with E-state index in [1.54, 1.807) is 11.0 Å². The van der Waals surface area contributed by atoms with Crippen LogP contribution in [-0.4, -0.2) is 33.7 Å². The summed E-state index contributed by atoms with van der Waals surface area (Å²) in [6, 6.07) is 11.8. The number of amidine groups is 1. The summed E-state index contributed by atoms with van der Waals surface area (Å²) in [6.07, 6.45) is 1.77. The molecule has 5 nitrogen and oxygen atoms in total. The Kier molecular flexibility index (Phi) is 6.77. The number of anilines is 1. The number of carbonyl (C=O) groups is 2. The Morgan fingerprint density at radius 3 is 2.43 bits per heavy atom. The number of para-hydroxylation sites is 1. The highest BCUT2D eigenvalue weighted by Crippen LogP contribution is 2.34. The van der Waals surface area contributed by atoms with Crippen molar-refractivity contribution < 1.29 is 9.59 Å². The Balaban J connectivity index is 1.80. The molecule has 30 heavy (non-hydrogen) atoms. The smallest absolute Gasteiger partial charge is 0.242 e. The molecule has 1 aliphatic rings. The molecule has 3 rings (SSSR count). The predicted octanol–water partition coefficient (Wildman–Crippen LogP) is 5.07. The normalized spacial score (nSPS) is 17.5. The number of amides is 2. The van der Waals surface area contributed by atoms with Gasteiger partial charge in [-0.3, -0.25) is 14.5 Å². The lowest BCUT2D eigenvalue weighted by Crippen LogP contribution is -2.33. The van der Waals surface area contributed by atoms with Gasteiger partial charge in [-0.1, -0.05) is 48.2 Å². The highest BCUT2D eigenvalue weighted by Gasteiger charge is 2.38. The fourth-order valence-electron chi connectivity index (χ4n) is 3.36. The predicted molar refractivity (Wildman–Crippen MR) is 125 cm³/mol. The minimum absolute atomic E-state index is 0.0936. The third-order valence-corrected chi connectivity index (χ3v) is 6.40. The van der Waals surface area contributed by atoms with Crippen molar-refractivity contribution in [1.82, 2.24) is 4.90 Å². The van der Waals surface area contributed by atoms with Gasteiger partial charge in [0.1, 0.15) is 5.25 Å². The van der Waals surface area contributed by atoms with Crippen LogP contribution in [0.25, 0.3) is 0 Å². The standard InChI is InChI=1S/C24H27N3O2S/c1-6-13-27-23(29)20(14-21(28)25-19-12-8-9-15(2)18(19)5)30-24(27)26-22-16(3)10-7-11-17(22)4/h6-12,20H,1,13-14H2,2-5H3,(H,25,28)/t20-/m1/s1. The van der Waals surface area contributed by atoms with E-state index in [1.165, 1.54) is 11.8 Å². The van der Waals surface area contributed by atoms with E-state index in [1.807, 2.05) is 64.1 Å². The molecule has 2 amide bonds. The van der Waals surface area contributed by atoms with Crippen molar-refractivity contribution in [3.63, 3.8) is 0 Å². The van der Waals surface area contributed by atoms with Crippen molar-refractivity contribution in [2.75, 3.05) is 11.9 Å². The van der Waals surface area contributed by atoms with E-state index < -0.39 is 5.25 Å². The van der Waals surface area contributed by atoms with Crippen molar-refractivity contribution >= 4 is 40.1 Å². The van der Waals surface area contributed by atoms with E-state index >= 15 is 0 Å². The van der Waals surface area contributed by atoms with E-state index in [2.05, 4.69) is 11.9 Å². The maximum atomic E-state index is 13.0. The number of rotatable bonds is 6. The van der Waals surface area contributed by atoms with E-state index in [-0.39, 0.29) is 18.2 Å². The van der Waals surface area contributed by atoms with Crippen LogP contribution in [0.5, 0.6) is 0 Å². The largest absolute Gasteiger partial charge is 0.326 e. The number of nitrogens with one attached hydrogen (secondary N) is 1. The second kappa shape index (κ2) is 9.30. The van der Waals surface area contributed by atoms with E-state index in [0.717, 1.165) is 33.6 Å². The number of thioether (sulfide) groups is 1. The highest BCUT2D eigenvalue weighted by atomic mass is 32.2. The maximum absolute atomic E-state index is 13.0. The topological polar surface area (TPSA) is 61.8 Å². The molecule has 1 N–H and O–H groups in total.